The first-order valence-electron chi connectivity index (χ1n) is 37.0. The number of ether oxygens (including phenoxy) is 4. The Morgan fingerprint density at radius 1 is 0.300 bits per heavy atom. The second-order valence-corrected chi connectivity index (χ2v) is 29.5. The first kappa shape index (κ1) is 88.1. The lowest BCUT2D eigenvalue weighted by atomic mass is 10.0. The van der Waals surface area contributed by atoms with E-state index in [0.717, 1.165) is 115 Å². The molecule has 0 saturated carbocycles. The third-order valence-corrected chi connectivity index (χ3v) is 18.4. The molecule has 5 atom stereocenters. The van der Waals surface area contributed by atoms with Crippen molar-refractivity contribution >= 4 is 39.5 Å². The van der Waals surface area contributed by atoms with Crippen molar-refractivity contribution in [2.24, 2.45) is 11.8 Å². The van der Waals surface area contributed by atoms with Gasteiger partial charge in [-0.3, -0.25) is 37.3 Å². The van der Waals surface area contributed by atoms with Crippen LogP contribution in [0.1, 0.15) is 363 Å². The molecule has 0 amide bonds. The van der Waals surface area contributed by atoms with Crippen LogP contribution in [0.3, 0.4) is 0 Å². The second-order valence-electron chi connectivity index (χ2n) is 26.6. The third kappa shape index (κ3) is 64.8. The minimum Gasteiger partial charge on any atom is -0.462 e. The van der Waals surface area contributed by atoms with Gasteiger partial charge in [-0.2, -0.15) is 0 Å². The number of carbonyl (C=O) groups is 4. The van der Waals surface area contributed by atoms with E-state index >= 15 is 0 Å². The van der Waals surface area contributed by atoms with Crippen LogP contribution in [0.15, 0.2) is 0 Å². The maximum Gasteiger partial charge on any atom is 0.472 e. The normalized spacial score (nSPS) is 14.1. The van der Waals surface area contributed by atoms with Crippen LogP contribution in [-0.2, 0) is 65.4 Å². The first-order chi connectivity index (χ1) is 43.4. The van der Waals surface area contributed by atoms with Crippen molar-refractivity contribution in [3.8, 4) is 0 Å². The summed E-state index contributed by atoms with van der Waals surface area (Å²) in [5, 5.41) is 10.6. The van der Waals surface area contributed by atoms with Crippen LogP contribution >= 0.6 is 15.6 Å². The Balaban J connectivity index is 5.21. The highest BCUT2D eigenvalue weighted by atomic mass is 31.2. The van der Waals surface area contributed by atoms with E-state index in [1.54, 1.807) is 0 Å². The van der Waals surface area contributed by atoms with E-state index in [9.17, 15) is 43.2 Å². The minimum absolute atomic E-state index is 0.106. The van der Waals surface area contributed by atoms with Gasteiger partial charge in [0.05, 0.1) is 26.4 Å². The van der Waals surface area contributed by atoms with Gasteiger partial charge in [0, 0.05) is 25.7 Å². The highest BCUT2D eigenvalue weighted by Crippen LogP contribution is 2.45. The predicted molar refractivity (Wildman–Crippen MR) is 363 cm³/mol. The van der Waals surface area contributed by atoms with Gasteiger partial charge in [-0.15, -0.1) is 0 Å². The Hall–Kier alpha value is -1.94. The Labute approximate surface area is 549 Å². The van der Waals surface area contributed by atoms with Gasteiger partial charge in [0.15, 0.2) is 12.2 Å². The van der Waals surface area contributed by atoms with Gasteiger partial charge in [-0.05, 0) is 37.5 Å². The van der Waals surface area contributed by atoms with Gasteiger partial charge in [0.1, 0.15) is 19.3 Å². The molecule has 19 heteroatoms. The summed E-state index contributed by atoms with van der Waals surface area (Å²) in [7, 11) is -9.90. The van der Waals surface area contributed by atoms with E-state index in [1.807, 2.05) is 0 Å². The van der Waals surface area contributed by atoms with Crippen molar-refractivity contribution < 1.29 is 80.2 Å². The van der Waals surface area contributed by atoms with Gasteiger partial charge in [-0.25, -0.2) is 9.13 Å². The number of aliphatic hydroxyl groups excluding tert-OH is 1. The average molecular weight is 1330 g/mol. The third-order valence-electron chi connectivity index (χ3n) is 16.5. The molecular weight excluding hydrogens is 1190 g/mol. The number of aliphatic hydroxyl groups is 1. The van der Waals surface area contributed by atoms with Crippen LogP contribution in [0.25, 0.3) is 0 Å². The Bertz CT molecular complexity index is 1750. The largest absolute Gasteiger partial charge is 0.472 e. The van der Waals surface area contributed by atoms with E-state index < -0.39 is 97.5 Å². The molecule has 0 radical (unpaired) electrons. The van der Waals surface area contributed by atoms with E-state index in [2.05, 4.69) is 41.5 Å². The van der Waals surface area contributed by atoms with Crippen LogP contribution in [0, 0.1) is 11.8 Å². The molecular formula is C71H138O17P2. The van der Waals surface area contributed by atoms with Crippen molar-refractivity contribution in [3.63, 3.8) is 0 Å². The molecule has 17 nitrogen and oxygen atoms in total. The van der Waals surface area contributed by atoms with Crippen LogP contribution < -0.4 is 0 Å². The summed E-state index contributed by atoms with van der Waals surface area (Å²) >= 11 is 0. The molecule has 0 aromatic heterocycles. The van der Waals surface area contributed by atoms with Crippen LogP contribution in [-0.4, -0.2) is 96.7 Å². The standard InChI is InChI=1S/C71H138O17P2/c1-7-9-11-13-15-16-17-18-19-20-25-31-37-43-49-55-70(75)88-67(60-82-69(74)54-48-42-36-30-26-21-23-28-34-39-45-51-63(3)4)62-86-90(79,80)84-58-65(72)57-83-89(77,78)85-61-66(59-81-68(73)53-47-41-33-14-12-10-8-2)87-71(76)56-50-44-38-32-27-22-24-29-35-40-46-52-64(5)6/h63-67,72H,7-62H2,1-6H3,(H,77,78)(H,79,80)/t65-,66+,67+/m0/s1. The van der Waals surface area contributed by atoms with E-state index in [-0.39, 0.29) is 25.7 Å². The van der Waals surface area contributed by atoms with Crippen molar-refractivity contribution in [2.75, 3.05) is 39.6 Å². The summed E-state index contributed by atoms with van der Waals surface area (Å²) < 4.78 is 68.3. The molecule has 3 N–H and O–H groups in total. The smallest absolute Gasteiger partial charge is 0.462 e. The maximum absolute atomic E-state index is 13.0. The number of hydrogen-bond donors (Lipinski definition) is 3. The fourth-order valence-electron chi connectivity index (χ4n) is 10.8. The lowest BCUT2D eigenvalue weighted by Crippen LogP contribution is -2.30. The lowest BCUT2D eigenvalue weighted by Gasteiger charge is -2.21. The number of unbranched alkanes of at least 4 members (excludes halogenated alkanes) is 40. The zero-order chi connectivity index (χ0) is 66.5. The van der Waals surface area contributed by atoms with Crippen LogP contribution in [0.2, 0.25) is 0 Å². The average Bonchev–Trinajstić information content (AvgIpc) is 3.12. The molecule has 0 bridgehead atoms. The number of rotatable bonds is 70. The molecule has 0 fully saturated rings. The molecule has 0 aromatic rings. The topological polar surface area (TPSA) is 237 Å². The number of carbonyl (C=O) groups excluding carboxylic acids is 4. The van der Waals surface area contributed by atoms with Gasteiger partial charge >= 0.3 is 39.5 Å². The molecule has 2 unspecified atom stereocenters. The second kappa shape index (κ2) is 63.1. The number of phosphoric acid groups is 2. The zero-order valence-electron chi connectivity index (χ0n) is 58.4. The van der Waals surface area contributed by atoms with Crippen LogP contribution in [0.4, 0.5) is 0 Å². The predicted octanol–water partition coefficient (Wildman–Crippen LogP) is 20.4. The molecule has 0 saturated heterocycles. The fraction of sp³-hybridized carbons (Fsp3) is 0.944. The zero-order valence-corrected chi connectivity index (χ0v) is 60.2. The summed E-state index contributed by atoms with van der Waals surface area (Å²) in [6, 6.07) is 0. The molecule has 0 aliphatic heterocycles. The molecule has 0 aliphatic carbocycles. The number of phosphoric ester groups is 2. The molecule has 0 heterocycles. The Morgan fingerprint density at radius 2 is 0.511 bits per heavy atom. The fourth-order valence-corrected chi connectivity index (χ4v) is 12.3. The highest BCUT2D eigenvalue weighted by molar-refractivity contribution is 7.47. The van der Waals surface area contributed by atoms with Gasteiger partial charge in [0.25, 0.3) is 0 Å². The van der Waals surface area contributed by atoms with Gasteiger partial charge < -0.3 is 33.8 Å². The molecule has 90 heavy (non-hydrogen) atoms. The van der Waals surface area contributed by atoms with Crippen molar-refractivity contribution in [2.45, 2.75) is 381 Å². The molecule has 0 rings (SSSR count). The summed E-state index contributed by atoms with van der Waals surface area (Å²) in [5.74, 6) is -0.589. The van der Waals surface area contributed by atoms with Crippen molar-refractivity contribution in [1.29, 1.82) is 0 Å². The van der Waals surface area contributed by atoms with E-state index in [1.165, 1.54) is 167 Å². The van der Waals surface area contributed by atoms with Gasteiger partial charge in [0.2, 0.25) is 0 Å². The number of hydrogen-bond acceptors (Lipinski definition) is 15. The summed E-state index contributed by atoms with van der Waals surface area (Å²) in [6.45, 7) is 9.53. The lowest BCUT2D eigenvalue weighted by molar-refractivity contribution is -0.161. The Kier molecular flexibility index (Phi) is 61.8. The quantitative estimate of drug-likeness (QED) is 0.0222. The van der Waals surface area contributed by atoms with Crippen molar-refractivity contribution in [3.05, 3.63) is 0 Å². The van der Waals surface area contributed by atoms with E-state index in [0.29, 0.717) is 25.7 Å². The van der Waals surface area contributed by atoms with Gasteiger partial charge in [-0.1, -0.05) is 311 Å². The van der Waals surface area contributed by atoms with Crippen LogP contribution in [0.5, 0.6) is 0 Å². The maximum atomic E-state index is 13.0. The van der Waals surface area contributed by atoms with Crippen molar-refractivity contribution in [1.82, 2.24) is 0 Å². The molecule has 0 aliphatic rings. The monoisotopic (exact) mass is 1320 g/mol. The number of esters is 4. The Morgan fingerprint density at radius 3 is 0.756 bits per heavy atom. The molecule has 534 valence electrons. The summed E-state index contributed by atoms with van der Waals surface area (Å²) in [6.07, 6.45) is 48.6. The SMILES string of the molecule is CCCCCCCCCCCCCCCCCC(=O)O[C@H](COC(=O)CCCCCCCCCCCCCC(C)C)COP(=O)(O)OC[C@@H](O)COP(=O)(O)OC[C@@H](COC(=O)CCCCCCCCC)OC(=O)CCCCCCCCCCCCCC(C)C. The highest BCUT2D eigenvalue weighted by Gasteiger charge is 2.30. The summed E-state index contributed by atoms with van der Waals surface area (Å²) in [4.78, 5) is 72.5. The molecule has 0 spiro atoms. The van der Waals surface area contributed by atoms with E-state index in [4.69, 9.17) is 37.0 Å². The first-order valence-corrected chi connectivity index (χ1v) is 40.0. The molecule has 0 aromatic carbocycles. The summed E-state index contributed by atoms with van der Waals surface area (Å²) in [5.41, 5.74) is 0. The minimum atomic E-state index is -4.95.